The Morgan fingerprint density at radius 1 is 1.05 bits per heavy atom. The van der Waals surface area contributed by atoms with Crippen molar-refractivity contribution < 1.29 is 0 Å². The number of aryl methyl sites for hydroxylation is 1. The molecule has 0 saturated carbocycles. The number of benzene rings is 1. The highest BCUT2D eigenvalue weighted by atomic mass is 15.4. The topological polar surface area (TPSA) is 6.48 Å². The predicted molar refractivity (Wildman–Crippen MR) is 79.0 cm³/mol. The summed E-state index contributed by atoms with van der Waals surface area (Å²) in [7, 11) is 0. The maximum atomic E-state index is 2.59. The molecule has 98 valence electrons. The maximum Gasteiger partial charge on any atom is 0.0907 e. The molecule has 0 radical (unpaired) electrons. The molecule has 2 bridgehead atoms. The average Bonchev–Trinajstić information content (AvgIpc) is 2.42. The van der Waals surface area contributed by atoms with Gasteiger partial charge in [-0.05, 0) is 55.0 Å². The monoisotopic (exact) mass is 252 g/mol. The van der Waals surface area contributed by atoms with E-state index in [1.54, 1.807) is 11.3 Å². The zero-order valence-corrected chi connectivity index (χ0v) is 11.7. The van der Waals surface area contributed by atoms with Crippen LogP contribution in [0.5, 0.6) is 0 Å². The van der Waals surface area contributed by atoms with Crippen molar-refractivity contribution in [2.75, 3.05) is 18.1 Å². The molecular formula is C17H20N2. The molecule has 1 aliphatic carbocycles. The van der Waals surface area contributed by atoms with E-state index in [1.165, 1.54) is 35.2 Å². The molecule has 2 nitrogen and oxygen atoms in total. The molecule has 19 heavy (non-hydrogen) atoms. The molecule has 2 aliphatic heterocycles. The summed E-state index contributed by atoms with van der Waals surface area (Å²) in [5, 5.41) is 0. The third-order valence-electron chi connectivity index (χ3n) is 4.80. The normalized spacial score (nSPS) is 21.1. The summed E-state index contributed by atoms with van der Waals surface area (Å²) in [5.41, 5.74) is 9.06. The zero-order chi connectivity index (χ0) is 13.0. The van der Waals surface area contributed by atoms with Gasteiger partial charge in [-0.15, -0.1) is 0 Å². The summed E-state index contributed by atoms with van der Waals surface area (Å²) < 4.78 is 0. The highest BCUT2D eigenvalue weighted by Gasteiger charge is 2.32. The van der Waals surface area contributed by atoms with Crippen LogP contribution in [0, 0.1) is 6.92 Å². The van der Waals surface area contributed by atoms with Crippen LogP contribution in [0.2, 0.25) is 0 Å². The second-order valence-electron chi connectivity index (χ2n) is 5.96. The Kier molecular flexibility index (Phi) is 2.29. The van der Waals surface area contributed by atoms with Crippen LogP contribution in [0.1, 0.15) is 30.9 Å². The van der Waals surface area contributed by atoms with E-state index < -0.39 is 0 Å². The average molecular weight is 252 g/mol. The highest BCUT2D eigenvalue weighted by Crippen LogP contribution is 2.40. The largest absolute Gasteiger partial charge is 0.352 e. The third-order valence-corrected chi connectivity index (χ3v) is 4.80. The van der Waals surface area contributed by atoms with Gasteiger partial charge in [0.05, 0.1) is 6.67 Å². The number of anilines is 1. The van der Waals surface area contributed by atoms with Crippen molar-refractivity contribution in [2.45, 2.75) is 33.2 Å². The van der Waals surface area contributed by atoms with Crippen LogP contribution < -0.4 is 4.90 Å². The molecule has 0 spiro atoms. The van der Waals surface area contributed by atoms with Gasteiger partial charge in [0.2, 0.25) is 0 Å². The van der Waals surface area contributed by atoms with Gasteiger partial charge in [0.25, 0.3) is 0 Å². The van der Waals surface area contributed by atoms with Gasteiger partial charge >= 0.3 is 0 Å². The van der Waals surface area contributed by atoms with Crippen molar-refractivity contribution in [3.8, 4) is 0 Å². The van der Waals surface area contributed by atoms with Crippen LogP contribution in [-0.4, -0.2) is 18.1 Å². The summed E-state index contributed by atoms with van der Waals surface area (Å²) in [4.78, 5) is 5.12. The Hall–Kier alpha value is -1.70. The van der Waals surface area contributed by atoms with Gasteiger partial charge in [-0.1, -0.05) is 18.2 Å². The molecule has 4 rings (SSSR count). The Labute approximate surface area is 115 Å². The summed E-state index contributed by atoms with van der Waals surface area (Å²) in [6.45, 7) is 7.76. The van der Waals surface area contributed by atoms with Crippen LogP contribution in [0.3, 0.4) is 0 Å². The van der Waals surface area contributed by atoms with Crippen molar-refractivity contribution in [1.29, 1.82) is 0 Å². The lowest BCUT2D eigenvalue weighted by Crippen LogP contribution is -2.48. The second kappa shape index (κ2) is 3.89. The lowest BCUT2D eigenvalue weighted by molar-refractivity contribution is 0.288. The standard InChI is InChI=1S/C17H20N2/c1-12-5-3-7-16-14(12)9-18-11-19(16)10-15-13(2)6-4-8-17(15)18/h3,5-7H,4,8-11H2,1-2H3. The van der Waals surface area contributed by atoms with Gasteiger partial charge in [-0.25, -0.2) is 0 Å². The molecule has 0 unspecified atom stereocenters. The van der Waals surface area contributed by atoms with Gasteiger partial charge in [0.15, 0.2) is 0 Å². The van der Waals surface area contributed by atoms with E-state index in [1.807, 2.05) is 0 Å². The fraction of sp³-hybridized carbons (Fsp3) is 0.412. The summed E-state index contributed by atoms with van der Waals surface area (Å²) in [5.74, 6) is 0. The first-order valence-corrected chi connectivity index (χ1v) is 7.21. The van der Waals surface area contributed by atoms with E-state index in [9.17, 15) is 0 Å². The molecule has 0 saturated heterocycles. The first-order chi connectivity index (χ1) is 9.24. The maximum absolute atomic E-state index is 2.59. The fourth-order valence-electron chi connectivity index (χ4n) is 3.71. The number of allylic oxidation sites excluding steroid dienone is 2. The summed E-state index contributed by atoms with van der Waals surface area (Å²) >= 11 is 0. The van der Waals surface area contributed by atoms with Crippen LogP contribution in [-0.2, 0) is 6.54 Å². The van der Waals surface area contributed by atoms with Gasteiger partial charge in [0.1, 0.15) is 0 Å². The van der Waals surface area contributed by atoms with E-state index >= 15 is 0 Å². The van der Waals surface area contributed by atoms with Crippen molar-refractivity contribution in [2.24, 2.45) is 0 Å². The fourth-order valence-corrected chi connectivity index (χ4v) is 3.71. The number of nitrogens with zero attached hydrogens (tertiary/aromatic N) is 2. The van der Waals surface area contributed by atoms with Crippen molar-refractivity contribution >= 4 is 5.69 Å². The highest BCUT2D eigenvalue weighted by molar-refractivity contribution is 5.62. The second-order valence-corrected chi connectivity index (χ2v) is 5.96. The third kappa shape index (κ3) is 1.55. The molecular weight excluding hydrogens is 232 g/mol. The first kappa shape index (κ1) is 11.2. The number of fused-ring (bicyclic) bond motifs is 5. The molecule has 2 heterocycles. The van der Waals surface area contributed by atoms with Crippen molar-refractivity contribution in [3.63, 3.8) is 0 Å². The Morgan fingerprint density at radius 3 is 2.84 bits per heavy atom. The predicted octanol–water partition coefficient (Wildman–Crippen LogP) is 3.58. The molecule has 0 atom stereocenters. The van der Waals surface area contributed by atoms with E-state index in [0.29, 0.717) is 0 Å². The number of hydrogen-bond acceptors (Lipinski definition) is 2. The quantitative estimate of drug-likeness (QED) is 0.696. The Balaban J connectivity index is 1.83. The molecule has 0 N–H and O–H groups in total. The minimum atomic E-state index is 1.07. The van der Waals surface area contributed by atoms with E-state index in [2.05, 4.69) is 47.9 Å². The molecule has 0 fully saturated rings. The van der Waals surface area contributed by atoms with Gasteiger partial charge in [-0.2, -0.15) is 0 Å². The minimum absolute atomic E-state index is 1.07. The molecule has 0 amide bonds. The van der Waals surface area contributed by atoms with Crippen LogP contribution in [0.4, 0.5) is 5.69 Å². The summed E-state index contributed by atoms with van der Waals surface area (Å²) in [6.07, 6.45) is 4.84. The van der Waals surface area contributed by atoms with Gasteiger partial charge in [-0.3, -0.25) is 0 Å². The Bertz CT molecular complexity index is 610. The van der Waals surface area contributed by atoms with Crippen LogP contribution >= 0.6 is 0 Å². The molecule has 0 aromatic heterocycles. The van der Waals surface area contributed by atoms with Crippen molar-refractivity contribution in [3.05, 3.63) is 52.2 Å². The van der Waals surface area contributed by atoms with Crippen LogP contribution in [0.25, 0.3) is 0 Å². The lowest BCUT2D eigenvalue weighted by atomic mass is 9.90. The van der Waals surface area contributed by atoms with E-state index in [4.69, 9.17) is 0 Å². The van der Waals surface area contributed by atoms with Gasteiger partial charge < -0.3 is 9.80 Å². The van der Waals surface area contributed by atoms with E-state index in [-0.39, 0.29) is 0 Å². The van der Waals surface area contributed by atoms with E-state index in [0.717, 1.165) is 19.8 Å². The molecule has 2 heteroatoms. The summed E-state index contributed by atoms with van der Waals surface area (Å²) in [6, 6.07) is 6.72. The van der Waals surface area contributed by atoms with Crippen molar-refractivity contribution in [1.82, 2.24) is 4.90 Å². The molecule has 3 aliphatic rings. The first-order valence-electron chi connectivity index (χ1n) is 7.21. The Morgan fingerprint density at radius 2 is 1.95 bits per heavy atom. The number of hydrogen-bond donors (Lipinski definition) is 0. The smallest absolute Gasteiger partial charge is 0.0907 e. The lowest BCUT2D eigenvalue weighted by Gasteiger charge is -2.47. The minimum Gasteiger partial charge on any atom is -0.352 e. The van der Waals surface area contributed by atoms with Crippen LogP contribution in [0.15, 0.2) is 41.1 Å². The number of rotatable bonds is 0. The SMILES string of the molecule is CC1=CCCC2=C1CN1CN2Cc2c(C)cccc21. The molecule has 1 aromatic rings. The molecule has 1 aromatic carbocycles. The zero-order valence-electron chi connectivity index (χ0n) is 11.7. The van der Waals surface area contributed by atoms with Gasteiger partial charge in [0, 0.05) is 24.5 Å².